The SMILES string of the molecule is O=C(CCC(=O)OCC(=O)c1ccc(F)cc1)Nc1cccc2ccccc12. The minimum Gasteiger partial charge on any atom is -0.457 e. The Kier molecular flexibility index (Phi) is 6.11. The Morgan fingerprint density at radius 2 is 1.57 bits per heavy atom. The number of ketones is 1. The van der Waals surface area contributed by atoms with Gasteiger partial charge in [0.1, 0.15) is 5.82 Å². The van der Waals surface area contributed by atoms with Crippen molar-refractivity contribution in [2.24, 2.45) is 0 Å². The summed E-state index contributed by atoms with van der Waals surface area (Å²) in [5, 5.41) is 4.69. The summed E-state index contributed by atoms with van der Waals surface area (Å²) in [6.45, 7) is -0.449. The number of carbonyl (C=O) groups is 3. The van der Waals surface area contributed by atoms with E-state index in [1.807, 2.05) is 36.4 Å². The molecule has 0 spiro atoms. The highest BCUT2D eigenvalue weighted by Gasteiger charge is 2.13. The minimum absolute atomic E-state index is 0.0627. The fourth-order valence-corrected chi connectivity index (χ4v) is 2.70. The average molecular weight is 379 g/mol. The molecular formula is C22H18FNO4. The second-order valence-corrected chi connectivity index (χ2v) is 6.17. The van der Waals surface area contributed by atoms with E-state index in [1.165, 1.54) is 12.1 Å². The van der Waals surface area contributed by atoms with Gasteiger partial charge in [-0.2, -0.15) is 0 Å². The van der Waals surface area contributed by atoms with Gasteiger partial charge in [0.2, 0.25) is 5.91 Å². The lowest BCUT2D eigenvalue weighted by Crippen LogP contribution is -2.17. The van der Waals surface area contributed by atoms with Crippen molar-refractivity contribution < 1.29 is 23.5 Å². The standard InChI is InChI=1S/C22H18FNO4/c23-17-10-8-16(9-11-17)20(25)14-28-22(27)13-12-21(26)24-19-7-3-5-15-4-1-2-6-18(15)19/h1-11H,12-14H2,(H,24,26). The number of carbonyl (C=O) groups excluding carboxylic acids is 3. The molecule has 28 heavy (non-hydrogen) atoms. The molecule has 3 aromatic carbocycles. The summed E-state index contributed by atoms with van der Waals surface area (Å²) in [7, 11) is 0. The summed E-state index contributed by atoms with van der Waals surface area (Å²) in [4.78, 5) is 35.8. The molecule has 0 saturated carbocycles. The highest BCUT2D eigenvalue weighted by Crippen LogP contribution is 2.23. The summed E-state index contributed by atoms with van der Waals surface area (Å²) in [6.07, 6.45) is -0.208. The third-order valence-electron chi connectivity index (χ3n) is 4.15. The number of anilines is 1. The first-order valence-electron chi connectivity index (χ1n) is 8.75. The maximum Gasteiger partial charge on any atom is 0.306 e. The quantitative estimate of drug-likeness (QED) is 0.495. The fourth-order valence-electron chi connectivity index (χ4n) is 2.70. The third-order valence-corrected chi connectivity index (χ3v) is 4.15. The van der Waals surface area contributed by atoms with E-state index < -0.39 is 24.2 Å². The lowest BCUT2D eigenvalue weighted by atomic mass is 10.1. The second-order valence-electron chi connectivity index (χ2n) is 6.17. The smallest absolute Gasteiger partial charge is 0.306 e. The van der Waals surface area contributed by atoms with Crippen molar-refractivity contribution in [3.05, 3.63) is 78.1 Å². The van der Waals surface area contributed by atoms with Gasteiger partial charge in [-0.1, -0.05) is 36.4 Å². The molecule has 0 unspecified atom stereocenters. The minimum atomic E-state index is -0.650. The van der Waals surface area contributed by atoms with Gasteiger partial charge < -0.3 is 10.1 Å². The van der Waals surface area contributed by atoms with Crippen LogP contribution in [0.25, 0.3) is 10.8 Å². The molecule has 3 aromatic rings. The normalized spacial score (nSPS) is 10.5. The van der Waals surface area contributed by atoms with Gasteiger partial charge in [0.15, 0.2) is 12.4 Å². The maximum absolute atomic E-state index is 12.8. The third kappa shape index (κ3) is 5.01. The zero-order valence-electron chi connectivity index (χ0n) is 15.0. The van der Waals surface area contributed by atoms with Crippen LogP contribution in [0.1, 0.15) is 23.2 Å². The number of halogens is 1. The Labute approximate surface area is 161 Å². The molecule has 0 radical (unpaired) electrons. The highest BCUT2D eigenvalue weighted by molar-refractivity contribution is 6.02. The van der Waals surface area contributed by atoms with Crippen LogP contribution in [-0.4, -0.2) is 24.3 Å². The molecule has 5 nitrogen and oxygen atoms in total. The van der Waals surface area contributed by atoms with Crippen molar-refractivity contribution in [3.8, 4) is 0 Å². The van der Waals surface area contributed by atoms with Crippen LogP contribution < -0.4 is 5.32 Å². The predicted octanol–water partition coefficient (Wildman–Crippen LogP) is 4.12. The molecule has 0 bridgehead atoms. The number of ether oxygens (including phenoxy) is 1. The molecule has 0 heterocycles. The van der Waals surface area contributed by atoms with E-state index in [1.54, 1.807) is 6.07 Å². The molecule has 0 atom stereocenters. The number of fused-ring (bicyclic) bond motifs is 1. The summed E-state index contributed by atoms with van der Waals surface area (Å²) in [5.41, 5.74) is 0.922. The maximum atomic E-state index is 12.8. The lowest BCUT2D eigenvalue weighted by molar-refractivity contribution is -0.143. The molecule has 1 N–H and O–H groups in total. The number of amides is 1. The molecule has 0 fully saturated rings. The number of hydrogen-bond acceptors (Lipinski definition) is 4. The number of benzene rings is 3. The van der Waals surface area contributed by atoms with E-state index in [4.69, 9.17) is 4.74 Å². The van der Waals surface area contributed by atoms with Crippen molar-refractivity contribution in [2.45, 2.75) is 12.8 Å². The Hall–Kier alpha value is -3.54. The lowest BCUT2D eigenvalue weighted by Gasteiger charge is -2.09. The van der Waals surface area contributed by atoms with E-state index in [9.17, 15) is 18.8 Å². The zero-order valence-corrected chi connectivity index (χ0v) is 15.0. The fraction of sp³-hybridized carbons (Fsp3) is 0.136. The molecule has 0 saturated heterocycles. The van der Waals surface area contributed by atoms with Gasteiger partial charge in [-0.05, 0) is 35.7 Å². The number of Topliss-reactive ketones (excluding diaryl/α,β-unsaturated/α-hetero) is 1. The van der Waals surface area contributed by atoms with Gasteiger partial charge in [0.05, 0.1) is 6.42 Å². The van der Waals surface area contributed by atoms with E-state index in [0.717, 1.165) is 22.9 Å². The summed E-state index contributed by atoms with van der Waals surface area (Å²) in [5.74, 6) is -1.86. The highest BCUT2D eigenvalue weighted by atomic mass is 19.1. The first-order valence-corrected chi connectivity index (χ1v) is 8.75. The molecule has 142 valence electrons. The Morgan fingerprint density at radius 3 is 2.36 bits per heavy atom. The first kappa shape index (κ1) is 19.2. The summed E-state index contributed by atoms with van der Waals surface area (Å²) >= 11 is 0. The van der Waals surface area contributed by atoms with Gasteiger partial charge in [-0.3, -0.25) is 14.4 Å². The molecular weight excluding hydrogens is 361 g/mol. The Bertz CT molecular complexity index is 1010. The van der Waals surface area contributed by atoms with Gasteiger partial charge >= 0.3 is 5.97 Å². The summed E-state index contributed by atoms with van der Waals surface area (Å²) < 4.78 is 17.7. The van der Waals surface area contributed by atoms with Crippen LogP contribution in [0.2, 0.25) is 0 Å². The first-order chi connectivity index (χ1) is 13.5. The number of rotatable bonds is 7. The number of nitrogens with one attached hydrogen (secondary N) is 1. The number of esters is 1. The molecule has 0 aliphatic heterocycles. The van der Waals surface area contributed by atoms with Crippen LogP contribution >= 0.6 is 0 Å². The molecule has 0 aliphatic rings. The van der Waals surface area contributed by atoms with Crippen LogP contribution in [0.3, 0.4) is 0 Å². The zero-order chi connectivity index (χ0) is 19.9. The van der Waals surface area contributed by atoms with Crippen molar-refractivity contribution in [1.29, 1.82) is 0 Å². The van der Waals surface area contributed by atoms with Gasteiger partial charge in [-0.15, -0.1) is 0 Å². The molecule has 1 amide bonds. The Balaban J connectivity index is 1.47. The molecule has 6 heteroatoms. The van der Waals surface area contributed by atoms with E-state index in [2.05, 4.69) is 5.32 Å². The largest absolute Gasteiger partial charge is 0.457 e. The van der Waals surface area contributed by atoms with Crippen molar-refractivity contribution >= 4 is 34.1 Å². The van der Waals surface area contributed by atoms with Crippen LogP contribution in [0.4, 0.5) is 10.1 Å². The average Bonchev–Trinajstić information content (AvgIpc) is 2.71. The van der Waals surface area contributed by atoms with Crippen molar-refractivity contribution in [2.75, 3.05) is 11.9 Å². The van der Waals surface area contributed by atoms with Crippen LogP contribution in [0, 0.1) is 5.82 Å². The predicted molar refractivity (Wildman–Crippen MR) is 104 cm³/mol. The van der Waals surface area contributed by atoms with Gasteiger partial charge in [0, 0.05) is 23.1 Å². The Morgan fingerprint density at radius 1 is 0.857 bits per heavy atom. The van der Waals surface area contributed by atoms with Crippen LogP contribution in [0.15, 0.2) is 66.7 Å². The summed E-state index contributed by atoms with van der Waals surface area (Å²) in [6, 6.07) is 18.2. The molecule has 0 aromatic heterocycles. The van der Waals surface area contributed by atoms with E-state index >= 15 is 0 Å². The van der Waals surface area contributed by atoms with E-state index in [-0.39, 0.29) is 24.3 Å². The second kappa shape index (κ2) is 8.90. The number of hydrogen-bond donors (Lipinski definition) is 1. The van der Waals surface area contributed by atoms with Crippen LogP contribution in [-0.2, 0) is 14.3 Å². The topological polar surface area (TPSA) is 72.5 Å². The monoisotopic (exact) mass is 379 g/mol. The molecule has 0 aliphatic carbocycles. The van der Waals surface area contributed by atoms with E-state index in [0.29, 0.717) is 5.69 Å². The van der Waals surface area contributed by atoms with Crippen molar-refractivity contribution in [1.82, 2.24) is 0 Å². The molecule has 3 rings (SSSR count). The van der Waals surface area contributed by atoms with Gasteiger partial charge in [0.25, 0.3) is 0 Å². The van der Waals surface area contributed by atoms with Crippen molar-refractivity contribution in [3.63, 3.8) is 0 Å². The van der Waals surface area contributed by atoms with Gasteiger partial charge in [-0.25, -0.2) is 4.39 Å². The van der Waals surface area contributed by atoms with Crippen LogP contribution in [0.5, 0.6) is 0 Å².